The first-order chi connectivity index (χ1) is 8.78. The molecule has 0 bridgehead atoms. The molecule has 2 aromatic rings. The van der Waals surface area contributed by atoms with Gasteiger partial charge in [-0.25, -0.2) is 0 Å². The number of nitrogens with one attached hydrogen (secondary N) is 1. The van der Waals surface area contributed by atoms with Gasteiger partial charge < -0.3 is 9.73 Å². The number of hydrogen-bond donors (Lipinski definition) is 1. The van der Waals surface area contributed by atoms with Gasteiger partial charge in [0, 0.05) is 11.3 Å². The second-order valence-corrected chi connectivity index (χ2v) is 4.26. The number of furan rings is 1. The molecule has 1 amide bonds. The number of amides is 1. The fraction of sp³-hybridized carbons (Fsp3) is 0.133. The lowest BCUT2D eigenvalue weighted by Crippen LogP contribution is -2.03. The third kappa shape index (κ3) is 1.74. The topological polar surface area (TPSA) is 42.2 Å². The van der Waals surface area contributed by atoms with E-state index >= 15 is 0 Å². The summed E-state index contributed by atoms with van der Waals surface area (Å²) in [4.78, 5) is 11.9. The Kier molecular flexibility index (Phi) is 2.52. The maximum absolute atomic E-state index is 11.9. The number of benzene rings is 1. The van der Waals surface area contributed by atoms with E-state index in [-0.39, 0.29) is 5.91 Å². The quantitative estimate of drug-likeness (QED) is 0.817. The van der Waals surface area contributed by atoms with E-state index in [0.29, 0.717) is 11.3 Å². The van der Waals surface area contributed by atoms with Crippen molar-refractivity contribution in [2.45, 2.75) is 13.3 Å². The maximum atomic E-state index is 11.9. The number of rotatable bonds is 2. The molecule has 0 spiro atoms. The van der Waals surface area contributed by atoms with Gasteiger partial charge in [0.25, 0.3) is 5.91 Å². The first-order valence-corrected chi connectivity index (χ1v) is 5.98. The lowest BCUT2D eigenvalue weighted by atomic mass is 10.0. The molecule has 0 atom stereocenters. The minimum atomic E-state index is -0.0744. The van der Waals surface area contributed by atoms with Gasteiger partial charge >= 0.3 is 0 Å². The second kappa shape index (κ2) is 4.18. The van der Waals surface area contributed by atoms with Crippen molar-refractivity contribution in [3.05, 3.63) is 53.5 Å². The Morgan fingerprint density at radius 2 is 2.22 bits per heavy atom. The molecule has 90 valence electrons. The maximum Gasteiger partial charge on any atom is 0.256 e. The largest absolute Gasteiger partial charge is 0.465 e. The molecule has 1 aliphatic heterocycles. The Hall–Kier alpha value is -2.29. The number of hydrogen-bond acceptors (Lipinski definition) is 2. The molecule has 3 nitrogen and oxygen atoms in total. The van der Waals surface area contributed by atoms with Gasteiger partial charge in [-0.3, -0.25) is 4.79 Å². The zero-order valence-electron chi connectivity index (χ0n) is 10.1. The molecule has 1 N–H and O–H groups in total. The van der Waals surface area contributed by atoms with Gasteiger partial charge in [-0.15, -0.1) is 0 Å². The van der Waals surface area contributed by atoms with Crippen molar-refractivity contribution >= 4 is 23.2 Å². The number of carbonyl (C=O) groups excluding carboxylic acids is 1. The first kappa shape index (κ1) is 10.8. The van der Waals surface area contributed by atoms with Crippen molar-refractivity contribution in [3.8, 4) is 0 Å². The normalized spacial score (nSPS) is 15.8. The summed E-state index contributed by atoms with van der Waals surface area (Å²) in [6, 6.07) is 9.69. The molecule has 0 saturated carbocycles. The fourth-order valence-corrected chi connectivity index (χ4v) is 2.11. The third-order valence-corrected chi connectivity index (χ3v) is 3.11. The van der Waals surface area contributed by atoms with Crippen LogP contribution in [0, 0.1) is 0 Å². The van der Waals surface area contributed by atoms with Crippen LogP contribution in [0.15, 0.2) is 41.0 Å². The van der Waals surface area contributed by atoms with Gasteiger partial charge in [-0.1, -0.05) is 13.0 Å². The molecule has 0 radical (unpaired) electrons. The summed E-state index contributed by atoms with van der Waals surface area (Å²) in [5, 5.41) is 2.86. The molecule has 18 heavy (non-hydrogen) atoms. The van der Waals surface area contributed by atoms with E-state index in [2.05, 4.69) is 18.3 Å². The molecule has 0 aliphatic carbocycles. The van der Waals surface area contributed by atoms with Gasteiger partial charge in [-0.05, 0) is 42.3 Å². The highest BCUT2D eigenvalue weighted by Crippen LogP contribution is 2.33. The summed E-state index contributed by atoms with van der Waals surface area (Å²) in [6.45, 7) is 2.10. The van der Waals surface area contributed by atoms with Crippen LogP contribution in [0.1, 0.15) is 23.8 Å². The van der Waals surface area contributed by atoms with Crippen molar-refractivity contribution in [2.75, 3.05) is 5.32 Å². The molecule has 2 heterocycles. The average molecular weight is 239 g/mol. The Labute approximate surface area is 105 Å². The highest BCUT2D eigenvalue weighted by molar-refractivity contribution is 6.34. The molecule has 3 heteroatoms. The Balaban J connectivity index is 2.10. The smallest absolute Gasteiger partial charge is 0.256 e. The minimum absolute atomic E-state index is 0.0744. The standard InChI is InChI=1S/C15H13NO2/c1-2-10-5-6-14-12(8-10)13(15(17)16-14)9-11-4-3-7-18-11/h3-9H,2H2,1H3,(H,16,17)/b13-9+. The van der Waals surface area contributed by atoms with Gasteiger partial charge in [-0.2, -0.15) is 0 Å². The van der Waals surface area contributed by atoms with Crippen LogP contribution in [-0.4, -0.2) is 5.91 Å². The van der Waals surface area contributed by atoms with Gasteiger partial charge in [0.15, 0.2) is 0 Å². The van der Waals surface area contributed by atoms with Crippen molar-refractivity contribution in [1.29, 1.82) is 0 Å². The predicted octanol–water partition coefficient (Wildman–Crippen LogP) is 3.33. The zero-order chi connectivity index (χ0) is 12.5. The van der Waals surface area contributed by atoms with E-state index in [1.54, 1.807) is 12.3 Å². The molecule has 0 fully saturated rings. The number of aryl methyl sites for hydroxylation is 1. The predicted molar refractivity (Wildman–Crippen MR) is 71.0 cm³/mol. The lowest BCUT2D eigenvalue weighted by Gasteiger charge is -2.01. The van der Waals surface area contributed by atoms with Crippen molar-refractivity contribution in [3.63, 3.8) is 0 Å². The van der Waals surface area contributed by atoms with Gasteiger partial charge in [0.05, 0.1) is 11.8 Å². The minimum Gasteiger partial charge on any atom is -0.465 e. The van der Waals surface area contributed by atoms with E-state index in [1.165, 1.54) is 5.56 Å². The summed E-state index contributed by atoms with van der Waals surface area (Å²) >= 11 is 0. The van der Waals surface area contributed by atoms with E-state index in [1.807, 2.05) is 24.3 Å². The van der Waals surface area contributed by atoms with Crippen LogP contribution in [0.25, 0.3) is 11.6 Å². The summed E-state index contributed by atoms with van der Waals surface area (Å²) < 4.78 is 5.26. The van der Waals surface area contributed by atoms with Crippen LogP contribution in [0.5, 0.6) is 0 Å². The molecule has 0 unspecified atom stereocenters. The van der Waals surface area contributed by atoms with E-state index in [0.717, 1.165) is 17.7 Å². The zero-order valence-corrected chi connectivity index (χ0v) is 10.1. The summed E-state index contributed by atoms with van der Waals surface area (Å²) in [5.74, 6) is 0.615. The summed E-state index contributed by atoms with van der Waals surface area (Å²) in [6.07, 6.45) is 4.33. The molecular formula is C15H13NO2. The van der Waals surface area contributed by atoms with E-state index in [9.17, 15) is 4.79 Å². The number of carbonyl (C=O) groups is 1. The summed E-state index contributed by atoms with van der Waals surface area (Å²) in [5.41, 5.74) is 3.71. The Morgan fingerprint density at radius 3 is 2.94 bits per heavy atom. The molecular weight excluding hydrogens is 226 g/mol. The fourth-order valence-electron chi connectivity index (χ4n) is 2.11. The second-order valence-electron chi connectivity index (χ2n) is 4.26. The molecule has 1 aromatic carbocycles. The molecule has 3 rings (SSSR count). The van der Waals surface area contributed by atoms with E-state index in [4.69, 9.17) is 4.42 Å². The van der Waals surface area contributed by atoms with Gasteiger partial charge in [0.2, 0.25) is 0 Å². The van der Waals surface area contributed by atoms with Crippen LogP contribution in [0.4, 0.5) is 5.69 Å². The molecule has 0 saturated heterocycles. The first-order valence-electron chi connectivity index (χ1n) is 5.98. The number of fused-ring (bicyclic) bond motifs is 1. The number of anilines is 1. The van der Waals surface area contributed by atoms with Crippen LogP contribution >= 0.6 is 0 Å². The van der Waals surface area contributed by atoms with Crippen LogP contribution in [0.3, 0.4) is 0 Å². The van der Waals surface area contributed by atoms with Gasteiger partial charge in [0.1, 0.15) is 5.76 Å². The highest BCUT2D eigenvalue weighted by atomic mass is 16.3. The lowest BCUT2D eigenvalue weighted by molar-refractivity contribution is -0.110. The van der Waals surface area contributed by atoms with E-state index < -0.39 is 0 Å². The Bertz CT molecular complexity index is 624. The van der Waals surface area contributed by atoms with Crippen molar-refractivity contribution in [2.24, 2.45) is 0 Å². The van der Waals surface area contributed by atoms with Crippen molar-refractivity contribution in [1.82, 2.24) is 0 Å². The molecule has 1 aromatic heterocycles. The summed E-state index contributed by atoms with van der Waals surface area (Å²) in [7, 11) is 0. The highest BCUT2D eigenvalue weighted by Gasteiger charge is 2.24. The molecule has 1 aliphatic rings. The average Bonchev–Trinajstić information content (AvgIpc) is 2.99. The third-order valence-electron chi connectivity index (χ3n) is 3.11. The van der Waals surface area contributed by atoms with Crippen LogP contribution < -0.4 is 5.32 Å². The van der Waals surface area contributed by atoms with Crippen LogP contribution in [-0.2, 0) is 11.2 Å². The monoisotopic (exact) mass is 239 g/mol. The van der Waals surface area contributed by atoms with Crippen LogP contribution in [0.2, 0.25) is 0 Å². The SMILES string of the molecule is CCc1ccc2c(c1)/C(=C\c1ccco1)C(=O)N2. The van der Waals surface area contributed by atoms with Crippen molar-refractivity contribution < 1.29 is 9.21 Å². The Morgan fingerprint density at radius 1 is 1.33 bits per heavy atom.